The summed E-state index contributed by atoms with van der Waals surface area (Å²) in [5.41, 5.74) is 1.65. The zero-order valence-electron chi connectivity index (χ0n) is 12.2. The predicted molar refractivity (Wildman–Crippen MR) is 78.0 cm³/mol. The van der Waals surface area contributed by atoms with Gasteiger partial charge in [-0.05, 0) is 23.6 Å². The minimum absolute atomic E-state index is 0.0342. The molecule has 21 heavy (non-hydrogen) atoms. The summed E-state index contributed by atoms with van der Waals surface area (Å²) in [6.07, 6.45) is 0. The van der Waals surface area contributed by atoms with E-state index in [4.69, 9.17) is 9.84 Å². The Bertz CT molecular complexity index is 532. The summed E-state index contributed by atoms with van der Waals surface area (Å²) in [6.45, 7) is 3.04. The van der Waals surface area contributed by atoms with Gasteiger partial charge in [-0.3, -0.25) is 4.79 Å². The van der Waals surface area contributed by atoms with E-state index in [0.29, 0.717) is 18.8 Å². The van der Waals surface area contributed by atoms with E-state index in [1.807, 2.05) is 25.1 Å². The minimum atomic E-state index is -0.847. The molecule has 6 nitrogen and oxygen atoms in total. The van der Waals surface area contributed by atoms with Crippen molar-refractivity contribution >= 4 is 17.7 Å². The fourth-order valence-corrected chi connectivity index (χ4v) is 2.56. The van der Waals surface area contributed by atoms with Crippen molar-refractivity contribution in [3.05, 3.63) is 29.8 Å². The lowest BCUT2D eigenvalue weighted by Crippen LogP contribution is -2.33. The molecule has 0 aliphatic carbocycles. The Balaban J connectivity index is 1.99. The van der Waals surface area contributed by atoms with Crippen LogP contribution in [0.2, 0.25) is 0 Å². The van der Waals surface area contributed by atoms with Gasteiger partial charge in [-0.2, -0.15) is 0 Å². The molecule has 2 rings (SSSR count). The lowest BCUT2D eigenvalue weighted by Gasteiger charge is -2.17. The maximum atomic E-state index is 12.2. The summed E-state index contributed by atoms with van der Waals surface area (Å²) < 4.78 is 5.05. The number of hydrogen-bond donors (Lipinski definition) is 2. The first kappa shape index (κ1) is 15.3. The molecule has 0 spiro atoms. The highest BCUT2D eigenvalue weighted by Crippen LogP contribution is 2.24. The summed E-state index contributed by atoms with van der Waals surface area (Å²) in [5.74, 6) is -1.37. The third kappa shape index (κ3) is 3.72. The molecule has 2 N–H and O–H groups in total. The van der Waals surface area contributed by atoms with Crippen LogP contribution in [0.1, 0.15) is 12.5 Å². The van der Waals surface area contributed by atoms with Crippen molar-refractivity contribution < 1.29 is 19.4 Å². The Morgan fingerprint density at radius 2 is 2.19 bits per heavy atom. The summed E-state index contributed by atoms with van der Waals surface area (Å²) in [7, 11) is 1.61. The van der Waals surface area contributed by atoms with Crippen molar-refractivity contribution in [3.8, 4) is 0 Å². The molecule has 1 aliphatic heterocycles. The summed E-state index contributed by atoms with van der Waals surface area (Å²) in [6, 6.07) is 7.13. The number of methoxy groups -OCH3 is 1. The zero-order chi connectivity index (χ0) is 15.4. The molecule has 114 valence electrons. The average molecular weight is 292 g/mol. The van der Waals surface area contributed by atoms with E-state index in [-0.39, 0.29) is 18.5 Å². The number of aliphatic carboxylic acids is 1. The molecule has 0 radical (unpaired) electrons. The number of amides is 2. The topological polar surface area (TPSA) is 78.9 Å². The quantitative estimate of drug-likeness (QED) is 0.890. The summed E-state index contributed by atoms with van der Waals surface area (Å²) >= 11 is 0. The standard InChI is InChI=1S/C15H20N2O4/c1-10-7-17(8-13(10)14(18)19)15(20)16-12-5-3-4-11(6-12)9-21-2/h3-6,10,13H,7-9H2,1-2H3,(H,16,20)(H,18,19)/t10-,13-/m1/s1. The van der Waals surface area contributed by atoms with Crippen LogP contribution in [0.15, 0.2) is 24.3 Å². The van der Waals surface area contributed by atoms with Gasteiger partial charge in [-0.25, -0.2) is 4.79 Å². The number of benzene rings is 1. The first-order valence-corrected chi connectivity index (χ1v) is 6.88. The van der Waals surface area contributed by atoms with Gasteiger partial charge in [-0.1, -0.05) is 19.1 Å². The number of hydrogen-bond acceptors (Lipinski definition) is 3. The van der Waals surface area contributed by atoms with E-state index in [2.05, 4.69) is 5.32 Å². The molecular formula is C15H20N2O4. The second-order valence-electron chi connectivity index (χ2n) is 5.39. The van der Waals surface area contributed by atoms with Gasteiger partial charge in [-0.15, -0.1) is 0 Å². The fraction of sp³-hybridized carbons (Fsp3) is 0.467. The maximum Gasteiger partial charge on any atom is 0.321 e. The van der Waals surface area contributed by atoms with Crippen LogP contribution in [0, 0.1) is 11.8 Å². The van der Waals surface area contributed by atoms with Gasteiger partial charge in [0, 0.05) is 25.9 Å². The van der Waals surface area contributed by atoms with Crippen LogP contribution < -0.4 is 5.32 Å². The first-order chi connectivity index (χ1) is 10.0. The number of carbonyl (C=O) groups is 2. The summed E-state index contributed by atoms with van der Waals surface area (Å²) in [4.78, 5) is 24.8. The van der Waals surface area contributed by atoms with Gasteiger partial charge >= 0.3 is 12.0 Å². The molecular weight excluding hydrogens is 272 g/mol. The first-order valence-electron chi connectivity index (χ1n) is 6.88. The number of urea groups is 1. The van der Waals surface area contributed by atoms with Crippen molar-refractivity contribution in [1.82, 2.24) is 4.90 Å². The van der Waals surface area contributed by atoms with Crippen LogP contribution in [0.3, 0.4) is 0 Å². The SMILES string of the molecule is COCc1cccc(NC(=O)N2C[C@@H](C)[C@H](C(=O)O)C2)c1. The van der Waals surface area contributed by atoms with Gasteiger partial charge in [0.25, 0.3) is 0 Å². The Hall–Kier alpha value is -2.08. The molecule has 1 aliphatic rings. The zero-order valence-corrected chi connectivity index (χ0v) is 12.2. The summed E-state index contributed by atoms with van der Waals surface area (Å²) in [5, 5.41) is 11.9. The number of nitrogens with one attached hydrogen (secondary N) is 1. The highest BCUT2D eigenvalue weighted by molar-refractivity contribution is 5.90. The smallest absolute Gasteiger partial charge is 0.321 e. The molecule has 0 bridgehead atoms. The van der Waals surface area contributed by atoms with Crippen LogP contribution in [0.25, 0.3) is 0 Å². The molecule has 0 aromatic heterocycles. The monoisotopic (exact) mass is 292 g/mol. The van der Waals surface area contributed by atoms with Gasteiger partial charge in [0.2, 0.25) is 0 Å². The maximum absolute atomic E-state index is 12.2. The van der Waals surface area contributed by atoms with Crippen LogP contribution in [0.5, 0.6) is 0 Å². The molecule has 1 fully saturated rings. The van der Waals surface area contributed by atoms with E-state index >= 15 is 0 Å². The molecule has 1 aromatic rings. The van der Waals surface area contributed by atoms with Crippen LogP contribution >= 0.6 is 0 Å². The molecule has 0 unspecified atom stereocenters. The lowest BCUT2D eigenvalue weighted by atomic mass is 9.99. The van der Waals surface area contributed by atoms with Crippen molar-refractivity contribution in [2.75, 3.05) is 25.5 Å². The molecule has 6 heteroatoms. The van der Waals surface area contributed by atoms with Crippen LogP contribution in [0.4, 0.5) is 10.5 Å². The average Bonchev–Trinajstić information content (AvgIpc) is 2.82. The van der Waals surface area contributed by atoms with Crippen molar-refractivity contribution in [1.29, 1.82) is 0 Å². The second kappa shape index (κ2) is 6.58. The highest BCUT2D eigenvalue weighted by Gasteiger charge is 2.36. The molecule has 1 aromatic carbocycles. The number of carboxylic acid groups (broad SMARTS) is 1. The fourth-order valence-electron chi connectivity index (χ4n) is 2.56. The molecule has 2 amide bonds. The lowest BCUT2D eigenvalue weighted by molar-refractivity contribution is -0.142. The second-order valence-corrected chi connectivity index (χ2v) is 5.39. The Morgan fingerprint density at radius 1 is 1.43 bits per heavy atom. The van der Waals surface area contributed by atoms with E-state index < -0.39 is 11.9 Å². The van der Waals surface area contributed by atoms with Crippen molar-refractivity contribution in [2.24, 2.45) is 11.8 Å². The van der Waals surface area contributed by atoms with Crippen LogP contribution in [-0.2, 0) is 16.1 Å². The van der Waals surface area contributed by atoms with Gasteiger partial charge < -0.3 is 20.1 Å². The number of ether oxygens (including phenoxy) is 1. The predicted octanol–water partition coefficient (Wildman–Crippen LogP) is 2.02. The largest absolute Gasteiger partial charge is 0.481 e. The number of likely N-dealkylation sites (tertiary alicyclic amines) is 1. The van der Waals surface area contributed by atoms with E-state index in [1.165, 1.54) is 0 Å². The number of rotatable bonds is 4. The van der Waals surface area contributed by atoms with Crippen LogP contribution in [-0.4, -0.2) is 42.2 Å². The number of anilines is 1. The number of carboxylic acids is 1. The molecule has 0 saturated carbocycles. The Labute approximate surface area is 123 Å². The van der Waals surface area contributed by atoms with Crippen molar-refractivity contribution in [2.45, 2.75) is 13.5 Å². The van der Waals surface area contributed by atoms with E-state index in [0.717, 1.165) is 5.56 Å². The molecule has 1 saturated heterocycles. The number of carbonyl (C=O) groups excluding carboxylic acids is 1. The van der Waals surface area contributed by atoms with Gasteiger partial charge in [0.1, 0.15) is 0 Å². The van der Waals surface area contributed by atoms with Crippen molar-refractivity contribution in [3.63, 3.8) is 0 Å². The third-order valence-corrected chi connectivity index (χ3v) is 3.71. The third-order valence-electron chi connectivity index (χ3n) is 3.71. The Kier molecular flexibility index (Phi) is 4.80. The number of nitrogens with zero attached hydrogens (tertiary/aromatic N) is 1. The molecule has 2 atom stereocenters. The highest BCUT2D eigenvalue weighted by atomic mass is 16.5. The normalized spacial score (nSPS) is 21.3. The minimum Gasteiger partial charge on any atom is -0.481 e. The van der Waals surface area contributed by atoms with Gasteiger partial charge in [0.15, 0.2) is 0 Å². The van der Waals surface area contributed by atoms with E-state index in [9.17, 15) is 9.59 Å². The Morgan fingerprint density at radius 3 is 2.81 bits per heavy atom. The molecule has 1 heterocycles. The van der Waals surface area contributed by atoms with Gasteiger partial charge in [0.05, 0.1) is 12.5 Å². The van der Waals surface area contributed by atoms with E-state index in [1.54, 1.807) is 18.1 Å².